The molecule has 0 atom stereocenters. The molecule has 1 heterocycles. The van der Waals surface area contributed by atoms with Crippen LogP contribution in [-0.2, 0) is 11.4 Å². The number of amides is 1. The number of hydrazone groups is 1. The zero-order valence-corrected chi connectivity index (χ0v) is 22.0. The van der Waals surface area contributed by atoms with Crippen LogP contribution in [0, 0.1) is 0 Å². The summed E-state index contributed by atoms with van der Waals surface area (Å²) in [7, 11) is 0. The Morgan fingerprint density at radius 3 is 2.25 bits per heavy atom. The first-order valence-corrected chi connectivity index (χ1v) is 12.7. The average Bonchev–Trinajstić information content (AvgIpc) is 3.21. The molecule has 0 aliphatic carbocycles. The van der Waals surface area contributed by atoms with Gasteiger partial charge in [0.25, 0.3) is 5.91 Å². The lowest BCUT2D eigenvalue weighted by Crippen LogP contribution is -2.21. The highest BCUT2D eigenvalue weighted by atomic mass is 79.9. The Morgan fingerprint density at radius 1 is 0.889 bits per heavy atom. The Labute approximate surface area is 227 Å². The van der Waals surface area contributed by atoms with Gasteiger partial charge in [-0.25, -0.2) is 0 Å². The van der Waals surface area contributed by atoms with Crippen molar-refractivity contribution in [3.63, 3.8) is 0 Å². The van der Waals surface area contributed by atoms with Gasteiger partial charge in [0.2, 0.25) is 0 Å². The SMILES string of the molecule is O=C1/C(=C\c2cc(Cl)cc(Cl)c2OCc2ccc(Br)cc2)C(c2ccccc2)=NN1c1ccccc1. The molecular formula is C29H19BrCl2N2O2. The molecule has 0 fully saturated rings. The largest absolute Gasteiger partial charge is 0.487 e. The third-order valence-electron chi connectivity index (χ3n) is 5.56. The number of anilines is 1. The van der Waals surface area contributed by atoms with E-state index in [9.17, 15) is 4.79 Å². The first-order valence-electron chi connectivity index (χ1n) is 11.1. The van der Waals surface area contributed by atoms with Crippen LogP contribution in [0.25, 0.3) is 6.08 Å². The van der Waals surface area contributed by atoms with Gasteiger partial charge in [0.1, 0.15) is 18.1 Å². The van der Waals surface area contributed by atoms with Crippen LogP contribution in [0.4, 0.5) is 5.69 Å². The summed E-state index contributed by atoms with van der Waals surface area (Å²) in [6.07, 6.45) is 1.74. The van der Waals surface area contributed by atoms with Gasteiger partial charge in [-0.15, -0.1) is 0 Å². The number of nitrogens with zero attached hydrogens (tertiary/aromatic N) is 2. The van der Waals surface area contributed by atoms with E-state index >= 15 is 0 Å². The minimum atomic E-state index is -0.255. The molecule has 5 rings (SSSR count). The van der Waals surface area contributed by atoms with E-state index in [1.807, 2.05) is 84.9 Å². The Balaban J connectivity index is 1.57. The summed E-state index contributed by atoms with van der Waals surface area (Å²) in [6, 6.07) is 30.1. The van der Waals surface area contributed by atoms with Crippen molar-refractivity contribution in [2.24, 2.45) is 5.10 Å². The van der Waals surface area contributed by atoms with E-state index in [1.165, 1.54) is 5.01 Å². The van der Waals surface area contributed by atoms with E-state index in [1.54, 1.807) is 18.2 Å². The first kappa shape index (κ1) is 24.3. The molecule has 178 valence electrons. The molecule has 7 heteroatoms. The van der Waals surface area contributed by atoms with Crippen LogP contribution in [0.1, 0.15) is 16.7 Å². The zero-order chi connectivity index (χ0) is 25.1. The molecule has 0 saturated carbocycles. The molecule has 4 aromatic rings. The molecule has 0 bridgehead atoms. The molecule has 4 nitrogen and oxygen atoms in total. The third kappa shape index (κ3) is 5.24. The maximum Gasteiger partial charge on any atom is 0.281 e. The third-order valence-corrected chi connectivity index (χ3v) is 6.59. The number of carbonyl (C=O) groups excluding carboxylic acids is 1. The summed E-state index contributed by atoms with van der Waals surface area (Å²) >= 11 is 16.4. The summed E-state index contributed by atoms with van der Waals surface area (Å²) in [5, 5.41) is 6.88. The van der Waals surface area contributed by atoms with E-state index in [-0.39, 0.29) is 5.91 Å². The van der Waals surface area contributed by atoms with Crippen molar-refractivity contribution in [1.82, 2.24) is 0 Å². The summed E-state index contributed by atoms with van der Waals surface area (Å²) in [4.78, 5) is 13.6. The standard InChI is InChI=1S/C29H19BrCl2N2O2/c30-22-13-11-19(12-14-22)18-36-28-21(15-23(31)17-26(28)32)16-25-27(20-7-3-1-4-8-20)33-34(29(25)35)24-9-5-2-6-10-24/h1-17H,18H2/b25-16-. The number of rotatable bonds is 6. The van der Waals surface area contributed by atoms with Gasteiger partial charge in [0, 0.05) is 20.6 Å². The zero-order valence-electron chi connectivity index (χ0n) is 18.9. The van der Waals surface area contributed by atoms with Gasteiger partial charge < -0.3 is 4.74 Å². The second-order valence-corrected chi connectivity index (χ2v) is 9.81. The average molecular weight is 578 g/mol. The van der Waals surface area contributed by atoms with E-state index in [0.717, 1.165) is 15.6 Å². The van der Waals surface area contributed by atoms with Crippen LogP contribution in [-0.4, -0.2) is 11.6 Å². The van der Waals surface area contributed by atoms with Crippen LogP contribution >= 0.6 is 39.1 Å². The van der Waals surface area contributed by atoms with Crippen molar-refractivity contribution < 1.29 is 9.53 Å². The fourth-order valence-electron chi connectivity index (χ4n) is 3.83. The molecular weight excluding hydrogens is 559 g/mol. The summed E-state index contributed by atoms with van der Waals surface area (Å²) in [5.74, 6) is 0.185. The second kappa shape index (κ2) is 10.7. The van der Waals surface area contributed by atoms with Crippen molar-refractivity contribution in [2.45, 2.75) is 6.61 Å². The smallest absolute Gasteiger partial charge is 0.281 e. The number of hydrogen-bond acceptors (Lipinski definition) is 3. The van der Waals surface area contributed by atoms with Crippen LogP contribution < -0.4 is 9.75 Å². The van der Waals surface area contributed by atoms with Gasteiger partial charge in [-0.1, -0.05) is 99.8 Å². The fourth-order valence-corrected chi connectivity index (χ4v) is 4.66. The number of ether oxygens (including phenoxy) is 1. The Morgan fingerprint density at radius 2 is 1.56 bits per heavy atom. The van der Waals surface area contributed by atoms with Crippen molar-refractivity contribution >= 4 is 62.5 Å². The fraction of sp³-hybridized carbons (Fsp3) is 0.0345. The molecule has 0 aromatic heterocycles. The minimum absolute atomic E-state index is 0.255. The maximum absolute atomic E-state index is 13.6. The molecule has 1 amide bonds. The maximum atomic E-state index is 13.6. The monoisotopic (exact) mass is 576 g/mol. The predicted octanol–water partition coefficient (Wildman–Crippen LogP) is 8.17. The molecule has 0 spiro atoms. The number of carbonyl (C=O) groups is 1. The lowest BCUT2D eigenvalue weighted by molar-refractivity contribution is -0.114. The van der Waals surface area contributed by atoms with Crippen molar-refractivity contribution in [2.75, 3.05) is 5.01 Å². The Bertz CT molecular complexity index is 1470. The lowest BCUT2D eigenvalue weighted by Gasteiger charge is -2.14. The summed E-state index contributed by atoms with van der Waals surface area (Å²) < 4.78 is 7.11. The van der Waals surface area contributed by atoms with E-state index in [4.69, 9.17) is 27.9 Å². The molecule has 1 aliphatic heterocycles. The molecule has 1 aliphatic rings. The van der Waals surface area contributed by atoms with Gasteiger partial charge >= 0.3 is 0 Å². The van der Waals surface area contributed by atoms with Gasteiger partial charge in [0.05, 0.1) is 16.3 Å². The predicted molar refractivity (Wildman–Crippen MR) is 150 cm³/mol. The molecule has 0 unspecified atom stereocenters. The van der Waals surface area contributed by atoms with Crippen molar-refractivity contribution in [3.8, 4) is 5.75 Å². The molecule has 36 heavy (non-hydrogen) atoms. The number of halogens is 3. The van der Waals surface area contributed by atoms with Gasteiger partial charge in [-0.05, 0) is 48.0 Å². The first-order chi connectivity index (χ1) is 17.5. The Hall–Kier alpha value is -3.38. The number of benzene rings is 4. The van der Waals surface area contributed by atoms with E-state index in [0.29, 0.717) is 44.9 Å². The van der Waals surface area contributed by atoms with E-state index in [2.05, 4.69) is 21.0 Å². The highest BCUT2D eigenvalue weighted by molar-refractivity contribution is 9.10. The Kier molecular flexibility index (Phi) is 7.23. The highest BCUT2D eigenvalue weighted by Gasteiger charge is 2.32. The topological polar surface area (TPSA) is 41.9 Å². The van der Waals surface area contributed by atoms with Gasteiger partial charge in [-0.2, -0.15) is 10.1 Å². The van der Waals surface area contributed by atoms with E-state index < -0.39 is 0 Å². The van der Waals surface area contributed by atoms with Gasteiger partial charge in [0.15, 0.2) is 0 Å². The lowest BCUT2D eigenvalue weighted by atomic mass is 10.00. The molecule has 4 aromatic carbocycles. The van der Waals surface area contributed by atoms with Gasteiger partial charge in [-0.3, -0.25) is 4.79 Å². The summed E-state index contributed by atoms with van der Waals surface area (Å²) in [5.41, 5.74) is 4.03. The summed E-state index contributed by atoms with van der Waals surface area (Å²) in [6.45, 7) is 0.300. The second-order valence-electron chi connectivity index (χ2n) is 8.05. The molecule has 0 N–H and O–H groups in total. The van der Waals surface area contributed by atoms with Crippen molar-refractivity contribution in [1.29, 1.82) is 0 Å². The number of hydrogen-bond donors (Lipinski definition) is 0. The van der Waals surface area contributed by atoms with Crippen molar-refractivity contribution in [3.05, 3.63) is 134 Å². The quantitative estimate of drug-likeness (QED) is 0.217. The normalized spacial score (nSPS) is 14.3. The minimum Gasteiger partial charge on any atom is -0.487 e. The molecule has 0 radical (unpaired) electrons. The van der Waals surface area contributed by atoms with Crippen LogP contribution in [0.15, 0.2) is 112 Å². The van der Waals surface area contributed by atoms with Crippen LogP contribution in [0.2, 0.25) is 10.0 Å². The number of para-hydroxylation sites is 1. The highest BCUT2D eigenvalue weighted by Crippen LogP contribution is 2.36. The van der Waals surface area contributed by atoms with Crippen LogP contribution in [0.3, 0.4) is 0 Å². The molecule has 0 saturated heterocycles. The van der Waals surface area contributed by atoms with Crippen LogP contribution in [0.5, 0.6) is 5.75 Å².